The highest BCUT2D eigenvalue weighted by Crippen LogP contribution is 2.52. The molecule has 5 aromatic carbocycles. The molecule has 0 bridgehead atoms. The number of hydrogen-bond donors (Lipinski definition) is 6. The first kappa shape index (κ1) is 80.6. The zero-order chi connectivity index (χ0) is 72.6. The molecule has 0 spiro atoms. The molecule has 0 aliphatic carbocycles. The van der Waals surface area contributed by atoms with Gasteiger partial charge in [-0.2, -0.15) is 38.2 Å². The number of carbonyl (C=O) groups is 3. The summed E-state index contributed by atoms with van der Waals surface area (Å²) in [6, 6.07) is 32.4. The molecule has 2 aliphatic rings. The number of allylic oxidation sites excluding steroid dienone is 4. The summed E-state index contributed by atoms with van der Waals surface area (Å²) >= 11 is 0. The van der Waals surface area contributed by atoms with Crippen LogP contribution in [0.5, 0.6) is 0 Å². The second-order valence-electron chi connectivity index (χ2n) is 24.1. The summed E-state index contributed by atoms with van der Waals surface area (Å²) < 4.78 is 180. The Morgan fingerprint density at radius 3 is 1.63 bits per heavy atom. The van der Waals surface area contributed by atoms with Crippen LogP contribution in [0.15, 0.2) is 149 Å². The van der Waals surface area contributed by atoms with Crippen molar-refractivity contribution in [3.05, 3.63) is 161 Å². The number of carbonyl (C=O) groups excluding carboxylic acids is 3. The van der Waals surface area contributed by atoms with Gasteiger partial charge < -0.3 is 48.7 Å². The van der Waals surface area contributed by atoms with Gasteiger partial charge in [-0.1, -0.05) is 73.2 Å². The van der Waals surface area contributed by atoms with Crippen LogP contribution in [0.1, 0.15) is 97.1 Å². The van der Waals surface area contributed by atoms with E-state index in [0.717, 1.165) is 10.6 Å². The summed E-state index contributed by atoms with van der Waals surface area (Å²) in [5, 5.41) is 8.28. The molecule has 31 heteroatoms. The van der Waals surface area contributed by atoms with Gasteiger partial charge in [0.15, 0.2) is 12.3 Å². The van der Waals surface area contributed by atoms with Crippen LogP contribution in [0.4, 0.5) is 11.4 Å². The second-order valence-corrected chi connectivity index (χ2v) is 32.2. The van der Waals surface area contributed by atoms with Crippen LogP contribution < -0.4 is 31.4 Å². The van der Waals surface area contributed by atoms with E-state index in [9.17, 15) is 66.3 Å². The van der Waals surface area contributed by atoms with E-state index in [1.165, 1.54) is 43.5 Å². The summed E-state index contributed by atoms with van der Waals surface area (Å²) in [5.74, 6) is -2.51. The predicted molar refractivity (Wildman–Crippen MR) is 379 cm³/mol. The first-order valence-electron chi connectivity index (χ1n) is 32.6. The number of benzene rings is 5. The zero-order valence-corrected chi connectivity index (χ0v) is 60.7. The van der Waals surface area contributed by atoms with Crippen molar-refractivity contribution >= 4 is 99.2 Å². The van der Waals surface area contributed by atoms with Crippen molar-refractivity contribution in [1.82, 2.24) is 10.6 Å². The van der Waals surface area contributed by atoms with E-state index < -0.39 is 92.4 Å². The van der Waals surface area contributed by atoms with Crippen LogP contribution in [-0.2, 0) is 89.3 Å². The number of ether oxygens (including phenoxy) is 7. The second kappa shape index (κ2) is 38.0. The number of anilines is 1. The smallest absolute Gasteiger partial charge is 0.338 e. The number of amides is 2. The number of nitrogens with one attached hydrogen (secondary N) is 2. The lowest BCUT2D eigenvalue weighted by atomic mass is 9.75. The quantitative estimate of drug-likeness (QED) is 0.00799. The van der Waals surface area contributed by atoms with Gasteiger partial charge in [-0.15, -0.1) is 0 Å². The monoisotopic (exact) mass is 1490 g/mol. The first-order valence-corrected chi connectivity index (χ1v) is 40.0. The number of hydrogen-bond acceptors (Lipinski definition) is 19. The van der Waals surface area contributed by atoms with Gasteiger partial charge in [-0.3, -0.25) is 27.8 Å². The van der Waals surface area contributed by atoms with Crippen LogP contribution >= 0.6 is 7.92 Å². The van der Waals surface area contributed by atoms with E-state index in [1.54, 1.807) is 57.4 Å². The third-order valence-corrected chi connectivity index (χ3v) is 22.8. The van der Waals surface area contributed by atoms with Gasteiger partial charge in [0.1, 0.15) is 6.61 Å². The lowest BCUT2D eigenvalue weighted by Crippen LogP contribution is -2.35. The van der Waals surface area contributed by atoms with Gasteiger partial charge >= 0.3 is 5.97 Å². The summed E-state index contributed by atoms with van der Waals surface area (Å²) in [5.41, 5.74) is 1.14. The predicted octanol–water partition coefficient (Wildman–Crippen LogP) is 6.47. The molecule has 2 unspecified atom stereocenters. The maximum atomic E-state index is 13.7. The molecule has 7 rings (SSSR count). The SMILES string of the molecule is COCCOCCOCCOCCOCCOCC[N+]1=C(/C=C/C=C2/N(CCCCCC(=O)NCCNC(=O)c3ccc(C(=O)OC)c(P(c4ccccc4)c4ccccc4)c3)c3ccc(S(=O)(=O)O)cc3C2(C)CCCS(=O)(=O)O)C(C)(CCCS(=O)(=O)O)c2cc(S(=O)(=O)O)ccc21. The third-order valence-electron chi connectivity index (χ3n) is 17.0. The summed E-state index contributed by atoms with van der Waals surface area (Å²) in [7, 11) is -16.9. The largest absolute Gasteiger partial charge is 0.465 e. The fourth-order valence-electron chi connectivity index (χ4n) is 12.1. The fourth-order valence-corrected chi connectivity index (χ4v) is 16.6. The molecule has 546 valence electrons. The molecule has 0 saturated heterocycles. The maximum Gasteiger partial charge on any atom is 0.338 e. The standard InChI is InChI=1S/C69H89N4O22PS4/c1-68(30-15-47-97(77,78)79)58-50-55(99(83,84)85)25-28-60(58)72(34-13-7-12-23-65(74)70-32-33-71-66(75)52-24-27-57(67(76)90-4)62(49-52)96(53-17-8-5-9-18-53)54-19-10-6-11-20-54)63(68)21-14-22-64-69(2,31-16-48-98(80,81)82)59-51-56(100(86,87)88)26-29-61(59)73(64)35-36-91-39-40-93-43-44-95-46-45-94-42-41-92-38-37-89-3/h5-6,8-11,14,17-22,24-29,49-51H,7,12-13,15-16,23,30-48H2,1-4H3,(H5-,70,71,74,75,77,78,79,80,81,82,83,84,85,86,87,88)/p+1. The molecule has 0 radical (unpaired) electrons. The van der Waals surface area contributed by atoms with Crippen LogP contribution in [0.2, 0.25) is 0 Å². The normalized spacial score (nSPS) is 16.8. The zero-order valence-electron chi connectivity index (χ0n) is 56.5. The number of fused-ring (bicyclic) bond motifs is 2. The van der Waals surface area contributed by atoms with E-state index in [-0.39, 0.29) is 90.6 Å². The number of esters is 1. The van der Waals surface area contributed by atoms with E-state index in [0.29, 0.717) is 116 Å². The Labute approximate surface area is 587 Å². The van der Waals surface area contributed by atoms with Gasteiger partial charge in [0.25, 0.3) is 46.4 Å². The number of nitrogens with zero attached hydrogens (tertiary/aromatic N) is 2. The van der Waals surface area contributed by atoms with Gasteiger partial charge in [-0.25, -0.2) is 4.79 Å². The Balaban J connectivity index is 1.07. The average molecular weight is 1490 g/mol. The Morgan fingerprint density at radius 1 is 0.570 bits per heavy atom. The minimum Gasteiger partial charge on any atom is -0.465 e. The van der Waals surface area contributed by atoms with Crippen LogP contribution in [0.25, 0.3) is 0 Å². The van der Waals surface area contributed by atoms with Crippen molar-refractivity contribution < 1.29 is 104 Å². The van der Waals surface area contributed by atoms with E-state index >= 15 is 0 Å². The van der Waals surface area contributed by atoms with Crippen molar-refractivity contribution in [1.29, 1.82) is 0 Å². The molecule has 100 heavy (non-hydrogen) atoms. The van der Waals surface area contributed by atoms with Gasteiger partial charge in [0.2, 0.25) is 11.6 Å². The van der Waals surface area contributed by atoms with E-state index in [2.05, 4.69) is 10.6 Å². The number of unbranched alkanes of at least 4 members (excludes halogenated alkanes) is 2. The third kappa shape index (κ3) is 23.4. The highest BCUT2D eigenvalue weighted by molar-refractivity contribution is 7.86. The van der Waals surface area contributed by atoms with Gasteiger partial charge in [0, 0.05) is 78.5 Å². The summed E-state index contributed by atoms with van der Waals surface area (Å²) in [6.07, 6.45) is 6.56. The minimum absolute atomic E-state index is 0.0351. The number of rotatable bonds is 44. The lowest BCUT2D eigenvalue weighted by Gasteiger charge is -2.30. The Morgan fingerprint density at radius 2 is 1.09 bits per heavy atom. The highest BCUT2D eigenvalue weighted by atomic mass is 32.2. The van der Waals surface area contributed by atoms with Crippen molar-refractivity contribution in [3.8, 4) is 0 Å². The first-order chi connectivity index (χ1) is 47.6. The van der Waals surface area contributed by atoms with E-state index in [1.807, 2.05) is 70.1 Å². The van der Waals surface area contributed by atoms with Gasteiger partial charge in [0.05, 0.1) is 105 Å². The van der Waals surface area contributed by atoms with Gasteiger partial charge in [-0.05, 0) is 131 Å². The molecule has 2 aliphatic heterocycles. The molecule has 6 N–H and O–H groups in total. The Bertz CT molecular complexity index is 4130. The fraction of sp³-hybridized carbons (Fsp3) is 0.449. The molecule has 5 aromatic rings. The van der Waals surface area contributed by atoms with Crippen molar-refractivity contribution in [3.63, 3.8) is 0 Å². The summed E-state index contributed by atoms with van der Waals surface area (Å²) in [4.78, 5) is 41.2. The molecular weight excluding hydrogens is 1400 g/mol. The number of methoxy groups -OCH3 is 2. The lowest BCUT2D eigenvalue weighted by molar-refractivity contribution is -0.442. The molecule has 2 heterocycles. The molecule has 0 saturated carbocycles. The van der Waals surface area contributed by atoms with Crippen LogP contribution in [-0.4, -0.2) is 205 Å². The molecule has 0 aromatic heterocycles. The average Bonchev–Trinajstić information content (AvgIpc) is 1.57. The molecule has 0 fully saturated rings. The Kier molecular flexibility index (Phi) is 30.6. The molecule has 2 atom stereocenters. The minimum atomic E-state index is -4.77. The Hall–Kier alpha value is -6.71. The molecule has 2 amide bonds. The van der Waals surface area contributed by atoms with Crippen molar-refractivity contribution in [2.24, 2.45) is 0 Å². The summed E-state index contributed by atoms with van der Waals surface area (Å²) in [6.45, 7) is 7.81. The topological polar surface area (TPSA) is 364 Å². The van der Waals surface area contributed by atoms with Crippen LogP contribution in [0.3, 0.4) is 0 Å². The highest BCUT2D eigenvalue weighted by Gasteiger charge is 2.49. The maximum absolute atomic E-state index is 13.7. The molecular formula is C69H90N4O22PS4+. The molecule has 26 nitrogen and oxygen atoms in total. The van der Waals surface area contributed by atoms with Crippen molar-refractivity contribution in [2.45, 2.75) is 85.8 Å². The van der Waals surface area contributed by atoms with E-state index in [4.69, 9.17) is 33.2 Å². The van der Waals surface area contributed by atoms with Crippen molar-refractivity contribution in [2.75, 3.05) is 129 Å². The van der Waals surface area contributed by atoms with Crippen LogP contribution in [0, 0.1) is 0 Å².